The van der Waals surface area contributed by atoms with Crippen LogP contribution in [0.5, 0.6) is 0 Å². The molecule has 0 N–H and O–H groups in total. The molecule has 2 saturated heterocycles. The van der Waals surface area contributed by atoms with Gasteiger partial charge in [-0.05, 0) is 13.3 Å². The number of ether oxygens (including phenoxy) is 3. The summed E-state index contributed by atoms with van der Waals surface area (Å²) < 4.78 is 14.9. The second kappa shape index (κ2) is 4.28. The predicted octanol–water partition coefficient (Wildman–Crippen LogP) is -0.0775. The van der Waals surface area contributed by atoms with Gasteiger partial charge < -0.3 is 14.2 Å². The molecule has 0 aromatic rings. The van der Waals surface area contributed by atoms with E-state index in [0.29, 0.717) is 19.6 Å². The number of rotatable bonds is 6. The number of carbonyl (C=O) groups is 2. The molecule has 2 heterocycles. The Morgan fingerprint density at radius 1 is 1.33 bits per heavy atom. The van der Waals surface area contributed by atoms with Gasteiger partial charge in [-0.15, -0.1) is 0 Å². The highest BCUT2D eigenvalue weighted by Crippen LogP contribution is 2.21. The van der Waals surface area contributed by atoms with Crippen LogP contribution in [0.4, 0.5) is 0 Å². The monoisotopic (exact) mass is 214 g/mol. The van der Waals surface area contributed by atoms with Crippen LogP contribution in [0.2, 0.25) is 0 Å². The standard InChI is InChI=1S/C10H14O5/c1-6(11)9(2-7-3-13-7)10(12)15-5-8-4-14-8/h7-9H,2-5H2,1H3. The van der Waals surface area contributed by atoms with Gasteiger partial charge in [0.1, 0.15) is 24.4 Å². The lowest BCUT2D eigenvalue weighted by molar-refractivity contribution is -0.152. The van der Waals surface area contributed by atoms with Gasteiger partial charge in [-0.2, -0.15) is 0 Å². The summed E-state index contributed by atoms with van der Waals surface area (Å²) in [6, 6.07) is 0. The maximum Gasteiger partial charge on any atom is 0.316 e. The van der Waals surface area contributed by atoms with Crippen molar-refractivity contribution in [3.63, 3.8) is 0 Å². The van der Waals surface area contributed by atoms with Crippen LogP contribution in [-0.4, -0.2) is 43.8 Å². The molecule has 2 aliphatic heterocycles. The van der Waals surface area contributed by atoms with Gasteiger partial charge in [-0.1, -0.05) is 0 Å². The van der Waals surface area contributed by atoms with Crippen molar-refractivity contribution in [2.75, 3.05) is 19.8 Å². The van der Waals surface area contributed by atoms with Gasteiger partial charge in [0.2, 0.25) is 0 Å². The van der Waals surface area contributed by atoms with Gasteiger partial charge in [-0.3, -0.25) is 9.59 Å². The quantitative estimate of drug-likeness (QED) is 0.351. The average molecular weight is 214 g/mol. The number of esters is 1. The highest BCUT2D eigenvalue weighted by molar-refractivity contribution is 5.97. The zero-order valence-electron chi connectivity index (χ0n) is 8.60. The summed E-state index contributed by atoms with van der Waals surface area (Å²) in [5, 5.41) is 0. The van der Waals surface area contributed by atoms with Crippen LogP contribution in [0, 0.1) is 5.92 Å². The summed E-state index contributed by atoms with van der Waals surface area (Å²) in [6.45, 7) is 2.95. The number of epoxide rings is 2. The van der Waals surface area contributed by atoms with Crippen LogP contribution < -0.4 is 0 Å². The van der Waals surface area contributed by atoms with E-state index in [1.165, 1.54) is 6.92 Å². The molecular formula is C10H14O5. The summed E-state index contributed by atoms with van der Waals surface area (Å²) in [7, 11) is 0. The summed E-state index contributed by atoms with van der Waals surface area (Å²) in [5.41, 5.74) is 0. The number of hydrogen-bond acceptors (Lipinski definition) is 5. The first-order chi connectivity index (χ1) is 7.16. The third-order valence-electron chi connectivity index (χ3n) is 2.49. The van der Waals surface area contributed by atoms with Crippen LogP contribution in [-0.2, 0) is 23.8 Å². The average Bonchev–Trinajstić information content (AvgIpc) is 3.02. The first kappa shape index (κ1) is 10.6. The lowest BCUT2D eigenvalue weighted by atomic mass is 10.00. The molecule has 15 heavy (non-hydrogen) atoms. The minimum absolute atomic E-state index is 0.0405. The van der Waals surface area contributed by atoms with Crippen LogP contribution in [0.1, 0.15) is 13.3 Å². The fourth-order valence-electron chi connectivity index (χ4n) is 1.34. The molecular weight excluding hydrogens is 200 g/mol. The Morgan fingerprint density at radius 2 is 1.93 bits per heavy atom. The SMILES string of the molecule is CC(=O)C(CC1CO1)C(=O)OCC1CO1. The van der Waals surface area contributed by atoms with Crippen molar-refractivity contribution in [2.45, 2.75) is 25.6 Å². The summed E-state index contributed by atoms with van der Waals surface area (Å²) in [4.78, 5) is 22.7. The molecule has 5 heteroatoms. The Bertz CT molecular complexity index is 267. The Kier molecular flexibility index (Phi) is 3.02. The molecule has 5 nitrogen and oxygen atoms in total. The third-order valence-corrected chi connectivity index (χ3v) is 2.49. The highest BCUT2D eigenvalue weighted by atomic mass is 16.6. The number of hydrogen-bond donors (Lipinski definition) is 0. The molecule has 2 aliphatic rings. The molecule has 3 atom stereocenters. The molecule has 0 bridgehead atoms. The van der Waals surface area contributed by atoms with Crippen molar-refractivity contribution < 1.29 is 23.8 Å². The lowest BCUT2D eigenvalue weighted by Gasteiger charge is -2.11. The van der Waals surface area contributed by atoms with Crippen LogP contribution >= 0.6 is 0 Å². The molecule has 0 radical (unpaired) electrons. The molecule has 84 valence electrons. The molecule has 0 aliphatic carbocycles. The van der Waals surface area contributed by atoms with E-state index in [-0.39, 0.29) is 24.6 Å². The molecule has 2 rings (SSSR count). The van der Waals surface area contributed by atoms with Gasteiger partial charge in [0, 0.05) is 0 Å². The normalized spacial score (nSPS) is 29.4. The smallest absolute Gasteiger partial charge is 0.316 e. The second-order valence-electron chi connectivity index (χ2n) is 3.94. The lowest BCUT2D eigenvalue weighted by Crippen LogP contribution is -2.27. The molecule has 0 spiro atoms. The van der Waals surface area contributed by atoms with E-state index in [9.17, 15) is 9.59 Å². The van der Waals surface area contributed by atoms with Gasteiger partial charge in [0.15, 0.2) is 0 Å². The van der Waals surface area contributed by atoms with Gasteiger partial charge >= 0.3 is 5.97 Å². The molecule has 0 aromatic heterocycles. The molecule has 2 fully saturated rings. The number of carbonyl (C=O) groups excluding carboxylic acids is 2. The van der Waals surface area contributed by atoms with Gasteiger partial charge in [0.05, 0.1) is 19.3 Å². The van der Waals surface area contributed by atoms with Crippen molar-refractivity contribution in [2.24, 2.45) is 5.92 Å². The van der Waals surface area contributed by atoms with E-state index in [2.05, 4.69) is 0 Å². The minimum Gasteiger partial charge on any atom is -0.462 e. The van der Waals surface area contributed by atoms with Crippen LogP contribution in [0.25, 0.3) is 0 Å². The second-order valence-corrected chi connectivity index (χ2v) is 3.94. The first-order valence-electron chi connectivity index (χ1n) is 5.07. The fraction of sp³-hybridized carbons (Fsp3) is 0.800. The van der Waals surface area contributed by atoms with E-state index < -0.39 is 11.9 Å². The summed E-state index contributed by atoms with van der Waals surface area (Å²) in [5.74, 6) is -1.28. The number of Topliss-reactive ketones (excluding diaryl/α,β-unsaturated/α-hetero) is 1. The molecule has 0 saturated carbocycles. The maximum atomic E-state index is 11.5. The fourth-order valence-corrected chi connectivity index (χ4v) is 1.34. The van der Waals surface area contributed by atoms with Gasteiger partial charge in [0.25, 0.3) is 0 Å². The van der Waals surface area contributed by atoms with Crippen LogP contribution in [0.15, 0.2) is 0 Å². The topological polar surface area (TPSA) is 68.4 Å². The summed E-state index contributed by atoms with van der Waals surface area (Å²) >= 11 is 0. The van der Waals surface area contributed by atoms with Gasteiger partial charge in [-0.25, -0.2) is 0 Å². The van der Waals surface area contributed by atoms with Crippen molar-refractivity contribution >= 4 is 11.8 Å². The zero-order chi connectivity index (χ0) is 10.8. The van der Waals surface area contributed by atoms with E-state index >= 15 is 0 Å². The molecule has 3 unspecified atom stereocenters. The van der Waals surface area contributed by atoms with Crippen molar-refractivity contribution in [3.05, 3.63) is 0 Å². The number of ketones is 1. The molecule has 0 aromatic carbocycles. The van der Waals surface area contributed by atoms with Crippen molar-refractivity contribution in [1.29, 1.82) is 0 Å². The van der Waals surface area contributed by atoms with E-state index in [4.69, 9.17) is 14.2 Å². The van der Waals surface area contributed by atoms with Crippen molar-refractivity contribution in [1.82, 2.24) is 0 Å². The Hall–Kier alpha value is -0.940. The van der Waals surface area contributed by atoms with E-state index in [1.807, 2.05) is 0 Å². The largest absolute Gasteiger partial charge is 0.462 e. The Labute approximate surface area is 87.7 Å². The minimum atomic E-state index is -0.670. The van der Waals surface area contributed by atoms with E-state index in [0.717, 1.165) is 0 Å². The maximum absolute atomic E-state index is 11.5. The predicted molar refractivity (Wildman–Crippen MR) is 49.2 cm³/mol. The third kappa shape index (κ3) is 3.28. The molecule has 0 amide bonds. The highest BCUT2D eigenvalue weighted by Gasteiger charge is 2.35. The Balaban J connectivity index is 1.78. The first-order valence-corrected chi connectivity index (χ1v) is 5.07. The van der Waals surface area contributed by atoms with E-state index in [1.54, 1.807) is 0 Å². The van der Waals surface area contributed by atoms with Crippen LogP contribution in [0.3, 0.4) is 0 Å². The zero-order valence-corrected chi connectivity index (χ0v) is 8.60. The summed E-state index contributed by atoms with van der Waals surface area (Å²) in [6.07, 6.45) is 0.544. The Morgan fingerprint density at radius 3 is 2.40 bits per heavy atom. The van der Waals surface area contributed by atoms with Crippen molar-refractivity contribution in [3.8, 4) is 0 Å².